The third-order valence-corrected chi connectivity index (χ3v) is 3.33. The number of anilines is 1. The van der Waals surface area contributed by atoms with Gasteiger partial charge in [0.2, 0.25) is 17.0 Å². The predicted molar refractivity (Wildman–Crippen MR) is 68.0 cm³/mol. The molecule has 1 aliphatic rings. The molecule has 2 heterocycles. The van der Waals surface area contributed by atoms with Gasteiger partial charge in [-0.1, -0.05) is 0 Å². The number of amides is 1. The van der Waals surface area contributed by atoms with E-state index in [9.17, 15) is 14.9 Å². The highest BCUT2D eigenvalue weighted by molar-refractivity contribution is 7.80. The summed E-state index contributed by atoms with van der Waals surface area (Å²) in [6, 6.07) is 0. The number of halogens is 1. The molecule has 7 nitrogen and oxygen atoms in total. The Morgan fingerprint density at radius 1 is 1.67 bits per heavy atom. The molecule has 0 spiro atoms. The fourth-order valence-corrected chi connectivity index (χ4v) is 2.16. The molecule has 2 rings (SSSR count). The summed E-state index contributed by atoms with van der Waals surface area (Å²) < 4.78 is 0. The molecule has 1 aromatic heterocycles. The average Bonchev–Trinajstić information content (AvgIpc) is 2.70. The maximum Gasteiger partial charge on any atom is 0.330 e. The number of nitrogens with zero attached hydrogens (tertiary/aromatic N) is 4. The third-order valence-electron chi connectivity index (χ3n) is 2.64. The van der Waals surface area contributed by atoms with Crippen LogP contribution in [0.4, 0.5) is 11.5 Å². The van der Waals surface area contributed by atoms with E-state index in [0.29, 0.717) is 18.7 Å². The van der Waals surface area contributed by atoms with Crippen LogP contribution < -0.4 is 4.90 Å². The highest BCUT2D eigenvalue weighted by Crippen LogP contribution is 2.31. The van der Waals surface area contributed by atoms with Gasteiger partial charge in [0, 0.05) is 13.0 Å². The monoisotopic (exact) mass is 288 g/mol. The predicted octanol–water partition coefficient (Wildman–Crippen LogP) is 1.32. The van der Waals surface area contributed by atoms with Crippen molar-refractivity contribution in [3.05, 3.63) is 21.6 Å². The van der Waals surface area contributed by atoms with E-state index >= 15 is 0 Å². The molecule has 0 radical (unpaired) electrons. The Balaban J connectivity index is 2.41. The van der Waals surface area contributed by atoms with Crippen LogP contribution in [0, 0.1) is 16.0 Å². The molecule has 1 aliphatic heterocycles. The number of aromatic nitrogens is 2. The van der Waals surface area contributed by atoms with Crippen molar-refractivity contribution in [3.8, 4) is 0 Å². The minimum absolute atomic E-state index is 0.0470. The molecule has 18 heavy (non-hydrogen) atoms. The lowest BCUT2D eigenvalue weighted by molar-refractivity contribution is -0.384. The van der Waals surface area contributed by atoms with E-state index < -0.39 is 4.92 Å². The molecule has 0 aliphatic carbocycles. The largest absolute Gasteiger partial charge is 0.330 e. The standard InChI is InChI=1S/C9H9ClN4O3S/c10-9-11-2-6(14(16)17)8(12-9)13-3-5(4-18)1-7(13)15/h2,5,18H,1,3-4H2. The second kappa shape index (κ2) is 5.07. The van der Waals surface area contributed by atoms with Gasteiger partial charge in [0.25, 0.3) is 0 Å². The van der Waals surface area contributed by atoms with Gasteiger partial charge in [-0.05, 0) is 23.3 Å². The molecular formula is C9H9ClN4O3S. The van der Waals surface area contributed by atoms with Crippen LogP contribution in [0.2, 0.25) is 5.28 Å². The van der Waals surface area contributed by atoms with Gasteiger partial charge in [0.05, 0.1) is 4.92 Å². The van der Waals surface area contributed by atoms with Crippen molar-refractivity contribution in [2.24, 2.45) is 5.92 Å². The fraction of sp³-hybridized carbons (Fsp3) is 0.444. The minimum Gasteiger partial charge on any atom is -0.291 e. The molecule has 0 saturated carbocycles. The summed E-state index contributed by atoms with van der Waals surface area (Å²) in [5.74, 6) is 0.338. The molecule has 0 aromatic carbocycles. The van der Waals surface area contributed by atoms with Crippen LogP contribution in [0.1, 0.15) is 6.42 Å². The number of hydrogen-bond donors (Lipinski definition) is 1. The van der Waals surface area contributed by atoms with E-state index in [4.69, 9.17) is 11.6 Å². The molecule has 1 saturated heterocycles. The van der Waals surface area contributed by atoms with Crippen molar-refractivity contribution in [1.82, 2.24) is 9.97 Å². The summed E-state index contributed by atoms with van der Waals surface area (Å²) in [7, 11) is 0. The van der Waals surface area contributed by atoms with Crippen molar-refractivity contribution in [2.75, 3.05) is 17.2 Å². The van der Waals surface area contributed by atoms with Gasteiger partial charge in [0.15, 0.2) is 0 Å². The Morgan fingerprint density at radius 3 is 2.94 bits per heavy atom. The van der Waals surface area contributed by atoms with Crippen molar-refractivity contribution in [3.63, 3.8) is 0 Å². The molecule has 96 valence electrons. The maximum atomic E-state index is 11.8. The summed E-state index contributed by atoms with van der Waals surface area (Å²) in [6.45, 7) is 0.358. The summed E-state index contributed by atoms with van der Waals surface area (Å²) >= 11 is 9.74. The van der Waals surface area contributed by atoms with E-state index in [1.54, 1.807) is 0 Å². The van der Waals surface area contributed by atoms with Crippen LogP contribution in [-0.4, -0.2) is 33.1 Å². The van der Waals surface area contributed by atoms with Crippen LogP contribution in [0.3, 0.4) is 0 Å². The van der Waals surface area contributed by atoms with E-state index in [2.05, 4.69) is 22.6 Å². The van der Waals surface area contributed by atoms with Gasteiger partial charge in [-0.3, -0.25) is 19.8 Å². The van der Waals surface area contributed by atoms with Crippen molar-refractivity contribution in [2.45, 2.75) is 6.42 Å². The van der Waals surface area contributed by atoms with Crippen LogP contribution in [0.5, 0.6) is 0 Å². The second-order valence-corrected chi connectivity index (χ2v) is 4.57. The topological polar surface area (TPSA) is 89.2 Å². The summed E-state index contributed by atoms with van der Waals surface area (Å²) in [5.41, 5.74) is -0.326. The van der Waals surface area contributed by atoms with Crippen molar-refractivity contribution >= 4 is 41.6 Å². The van der Waals surface area contributed by atoms with Crippen LogP contribution in [-0.2, 0) is 4.79 Å². The highest BCUT2D eigenvalue weighted by atomic mass is 35.5. The lowest BCUT2D eigenvalue weighted by Gasteiger charge is -2.14. The molecular weight excluding hydrogens is 280 g/mol. The lowest BCUT2D eigenvalue weighted by Crippen LogP contribution is -2.26. The molecule has 1 unspecified atom stereocenters. The normalized spacial score (nSPS) is 19.3. The molecule has 1 amide bonds. The van der Waals surface area contributed by atoms with E-state index in [-0.39, 0.29) is 28.6 Å². The molecule has 0 bridgehead atoms. The van der Waals surface area contributed by atoms with Gasteiger partial charge >= 0.3 is 5.69 Å². The number of rotatable bonds is 3. The Hall–Kier alpha value is -1.41. The van der Waals surface area contributed by atoms with Gasteiger partial charge in [-0.2, -0.15) is 17.6 Å². The van der Waals surface area contributed by atoms with Crippen molar-refractivity contribution in [1.29, 1.82) is 0 Å². The van der Waals surface area contributed by atoms with E-state index in [1.165, 1.54) is 4.90 Å². The van der Waals surface area contributed by atoms with Gasteiger partial charge in [-0.15, -0.1) is 0 Å². The zero-order valence-electron chi connectivity index (χ0n) is 9.11. The molecule has 1 fully saturated rings. The molecule has 0 N–H and O–H groups in total. The number of thiol groups is 1. The quantitative estimate of drug-likeness (QED) is 0.392. The summed E-state index contributed by atoms with van der Waals surface area (Å²) in [6.07, 6.45) is 1.31. The zero-order chi connectivity index (χ0) is 13.3. The molecule has 9 heteroatoms. The van der Waals surface area contributed by atoms with Gasteiger partial charge < -0.3 is 0 Å². The fourth-order valence-electron chi connectivity index (χ4n) is 1.78. The Morgan fingerprint density at radius 2 is 2.39 bits per heavy atom. The lowest BCUT2D eigenvalue weighted by atomic mass is 10.1. The smallest absolute Gasteiger partial charge is 0.291 e. The Bertz CT molecular complexity index is 513. The average molecular weight is 289 g/mol. The molecule has 1 aromatic rings. The van der Waals surface area contributed by atoms with Gasteiger partial charge in [-0.25, -0.2) is 4.98 Å². The second-order valence-electron chi connectivity index (χ2n) is 3.86. The first-order chi connectivity index (χ1) is 8.52. The first kappa shape index (κ1) is 13.0. The number of nitro groups is 1. The SMILES string of the molecule is O=C1CC(CS)CN1c1nc(Cl)ncc1[N+](=O)[O-]. The first-order valence-corrected chi connectivity index (χ1v) is 6.12. The minimum atomic E-state index is -0.632. The van der Waals surface area contributed by atoms with Gasteiger partial charge in [0.1, 0.15) is 6.20 Å². The van der Waals surface area contributed by atoms with E-state index in [1.807, 2.05) is 0 Å². The number of carbonyl (C=O) groups is 1. The highest BCUT2D eigenvalue weighted by Gasteiger charge is 2.35. The zero-order valence-corrected chi connectivity index (χ0v) is 10.8. The first-order valence-electron chi connectivity index (χ1n) is 5.11. The number of carbonyl (C=O) groups excluding carboxylic acids is 1. The Kier molecular flexibility index (Phi) is 3.67. The summed E-state index contributed by atoms with van der Waals surface area (Å²) in [4.78, 5) is 30.7. The van der Waals surface area contributed by atoms with Crippen LogP contribution in [0.25, 0.3) is 0 Å². The Labute approximate surface area is 113 Å². The van der Waals surface area contributed by atoms with E-state index in [0.717, 1.165) is 6.20 Å². The van der Waals surface area contributed by atoms with Crippen molar-refractivity contribution < 1.29 is 9.72 Å². The summed E-state index contributed by atoms with van der Waals surface area (Å²) in [5, 5.41) is 10.7. The van der Waals surface area contributed by atoms with Crippen LogP contribution in [0.15, 0.2) is 6.20 Å². The molecule has 1 atom stereocenters. The maximum absolute atomic E-state index is 11.8. The van der Waals surface area contributed by atoms with Crippen LogP contribution >= 0.6 is 24.2 Å². The number of hydrogen-bond acceptors (Lipinski definition) is 6. The third kappa shape index (κ3) is 2.39.